The maximum absolute atomic E-state index is 5.36. The van der Waals surface area contributed by atoms with E-state index < -0.39 is 0 Å². The van der Waals surface area contributed by atoms with E-state index in [4.69, 9.17) is 4.74 Å². The average molecular weight is 298 g/mol. The van der Waals surface area contributed by atoms with Crippen LogP contribution >= 0.6 is 0 Å². The monoisotopic (exact) mass is 298 g/mol. The minimum absolute atomic E-state index is 0.501. The summed E-state index contributed by atoms with van der Waals surface area (Å²) in [7, 11) is 1.67. The lowest BCUT2D eigenvalue weighted by atomic mass is 10.2. The van der Waals surface area contributed by atoms with Gasteiger partial charge >= 0.3 is 0 Å². The number of anilines is 3. The number of aryl methyl sites for hydroxylation is 1. The van der Waals surface area contributed by atoms with Gasteiger partial charge in [-0.15, -0.1) is 0 Å². The zero-order chi connectivity index (χ0) is 15.4. The second-order valence-corrected chi connectivity index (χ2v) is 5.67. The van der Waals surface area contributed by atoms with Crippen LogP contribution in [0.3, 0.4) is 0 Å². The van der Waals surface area contributed by atoms with Gasteiger partial charge in [-0.25, -0.2) is 4.98 Å². The molecule has 0 bridgehead atoms. The van der Waals surface area contributed by atoms with Crippen molar-refractivity contribution in [3.05, 3.63) is 36.0 Å². The van der Waals surface area contributed by atoms with Crippen LogP contribution in [0.1, 0.15) is 31.4 Å². The third-order valence-electron chi connectivity index (χ3n) is 3.91. The lowest BCUT2D eigenvalue weighted by molar-refractivity contribution is 0.417. The molecule has 1 aromatic heterocycles. The Morgan fingerprint density at radius 1 is 1.14 bits per heavy atom. The van der Waals surface area contributed by atoms with Crippen LogP contribution in [0.15, 0.2) is 30.3 Å². The molecule has 3 rings (SSSR count). The van der Waals surface area contributed by atoms with Crippen molar-refractivity contribution >= 4 is 17.5 Å². The molecule has 5 heteroatoms. The third kappa shape index (κ3) is 3.47. The Bertz CT molecular complexity index is 638. The number of rotatable bonds is 5. The fraction of sp³-hybridized carbons (Fsp3) is 0.412. The number of hydrogen-bond acceptors (Lipinski definition) is 5. The zero-order valence-electron chi connectivity index (χ0n) is 13.1. The van der Waals surface area contributed by atoms with E-state index in [-0.39, 0.29) is 0 Å². The molecule has 0 saturated heterocycles. The fourth-order valence-electron chi connectivity index (χ4n) is 2.84. The minimum atomic E-state index is 0.501. The summed E-state index contributed by atoms with van der Waals surface area (Å²) >= 11 is 0. The molecule has 0 unspecified atom stereocenters. The van der Waals surface area contributed by atoms with Crippen molar-refractivity contribution in [1.29, 1.82) is 0 Å². The smallest absolute Gasteiger partial charge is 0.225 e. The molecule has 1 fully saturated rings. The van der Waals surface area contributed by atoms with Crippen molar-refractivity contribution in [2.45, 2.75) is 38.6 Å². The Morgan fingerprint density at radius 2 is 1.91 bits per heavy atom. The zero-order valence-corrected chi connectivity index (χ0v) is 13.1. The molecule has 2 aromatic rings. The molecule has 5 nitrogen and oxygen atoms in total. The molecule has 1 aromatic carbocycles. The third-order valence-corrected chi connectivity index (χ3v) is 3.91. The molecule has 1 aliphatic carbocycles. The summed E-state index contributed by atoms with van der Waals surface area (Å²) in [4.78, 5) is 9.07. The predicted octanol–water partition coefficient (Wildman–Crippen LogP) is 3.89. The average Bonchev–Trinajstić information content (AvgIpc) is 3.00. The summed E-state index contributed by atoms with van der Waals surface area (Å²) in [5.74, 6) is 2.27. The molecule has 0 atom stereocenters. The highest BCUT2D eigenvalue weighted by Crippen LogP contribution is 2.27. The van der Waals surface area contributed by atoms with Crippen molar-refractivity contribution in [3.63, 3.8) is 0 Å². The van der Waals surface area contributed by atoms with Gasteiger partial charge in [0.25, 0.3) is 0 Å². The summed E-state index contributed by atoms with van der Waals surface area (Å²) in [5, 5.41) is 6.76. The van der Waals surface area contributed by atoms with Gasteiger partial charge < -0.3 is 15.4 Å². The number of nitrogens with zero attached hydrogens (tertiary/aromatic N) is 2. The van der Waals surface area contributed by atoms with Crippen molar-refractivity contribution in [1.82, 2.24) is 9.97 Å². The van der Waals surface area contributed by atoms with Gasteiger partial charge in [0, 0.05) is 17.8 Å². The molecule has 1 aliphatic rings. The molecular formula is C17H22N4O. The van der Waals surface area contributed by atoms with Crippen LogP contribution in [0.25, 0.3) is 0 Å². The molecule has 0 aliphatic heterocycles. The van der Waals surface area contributed by atoms with E-state index in [0.29, 0.717) is 12.0 Å². The van der Waals surface area contributed by atoms with Crippen LogP contribution in [-0.2, 0) is 0 Å². The van der Waals surface area contributed by atoms with E-state index in [1.54, 1.807) is 7.11 Å². The van der Waals surface area contributed by atoms with E-state index in [1.807, 2.05) is 37.3 Å². The van der Waals surface area contributed by atoms with Gasteiger partial charge in [-0.3, -0.25) is 0 Å². The Hall–Kier alpha value is -2.30. The topological polar surface area (TPSA) is 59.1 Å². The highest BCUT2D eigenvalue weighted by atomic mass is 16.5. The van der Waals surface area contributed by atoms with Crippen LogP contribution in [0.4, 0.5) is 17.5 Å². The van der Waals surface area contributed by atoms with Crippen molar-refractivity contribution < 1.29 is 4.74 Å². The molecule has 1 heterocycles. The number of aromatic nitrogens is 2. The summed E-state index contributed by atoms with van der Waals surface area (Å²) in [6, 6.07) is 10.3. The maximum Gasteiger partial charge on any atom is 0.225 e. The first kappa shape index (κ1) is 14.6. The summed E-state index contributed by atoms with van der Waals surface area (Å²) in [6.45, 7) is 1.98. The highest BCUT2D eigenvalue weighted by molar-refractivity contribution is 5.64. The summed E-state index contributed by atoms with van der Waals surface area (Å²) in [5.41, 5.74) is 1.84. The van der Waals surface area contributed by atoms with Crippen LogP contribution in [0, 0.1) is 6.92 Å². The van der Waals surface area contributed by atoms with Crippen molar-refractivity contribution in [2.24, 2.45) is 0 Å². The second-order valence-electron chi connectivity index (χ2n) is 5.67. The number of hydrogen-bond donors (Lipinski definition) is 2. The van der Waals surface area contributed by atoms with E-state index in [1.165, 1.54) is 25.7 Å². The lowest BCUT2D eigenvalue weighted by Crippen LogP contribution is -2.17. The van der Waals surface area contributed by atoms with E-state index >= 15 is 0 Å². The van der Waals surface area contributed by atoms with E-state index in [2.05, 4.69) is 20.6 Å². The SMILES string of the molecule is COc1ccccc1Nc1cc(C)nc(NC2CCCC2)n1. The summed E-state index contributed by atoms with van der Waals surface area (Å²) in [6.07, 6.45) is 4.98. The molecule has 0 radical (unpaired) electrons. The van der Waals surface area contributed by atoms with Crippen LogP contribution in [0.5, 0.6) is 5.75 Å². The quantitative estimate of drug-likeness (QED) is 0.877. The van der Waals surface area contributed by atoms with Gasteiger partial charge in [0.05, 0.1) is 12.8 Å². The van der Waals surface area contributed by atoms with E-state index in [0.717, 1.165) is 22.9 Å². The van der Waals surface area contributed by atoms with Crippen LogP contribution in [0.2, 0.25) is 0 Å². The Balaban J connectivity index is 1.79. The number of nitrogens with one attached hydrogen (secondary N) is 2. The van der Waals surface area contributed by atoms with E-state index in [9.17, 15) is 0 Å². The first-order chi connectivity index (χ1) is 10.7. The Kier molecular flexibility index (Phi) is 4.42. The maximum atomic E-state index is 5.36. The first-order valence-electron chi connectivity index (χ1n) is 7.77. The normalized spacial score (nSPS) is 14.8. The highest BCUT2D eigenvalue weighted by Gasteiger charge is 2.16. The van der Waals surface area contributed by atoms with Crippen LogP contribution in [-0.4, -0.2) is 23.1 Å². The van der Waals surface area contributed by atoms with Gasteiger partial charge in [-0.05, 0) is 31.9 Å². The van der Waals surface area contributed by atoms with Crippen LogP contribution < -0.4 is 15.4 Å². The number of ether oxygens (including phenoxy) is 1. The molecular weight excluding hydrogens is 276 g/mol. The molecule has 116 valence electrons. The van der Waals surface area contributed by atoms with Gasteiger partial charge in [-0.1, -0.05) is 25.0 Å². The molecule has 0 spiro atoms. The molecule has 22 heavy (non-hydrogen) atoms. The molecule has 2 N–H and O–H groups in total. The van der Waals surface area contributed by atoms with Gasteiger partial charge in [0.2, 0.25) is 5.95 Å². The van der Waals surface area contributed by atoms with Gasteiger partial charge in [0.15, 0.2) is 0 Å². The largest absolute Gasteiger partial charge is 0.495 e. The standard InChI is InChI=1S/C17H22N4O/c1-12-11-16(20-14-9-5-6-10-15(14)22-2)21-17(18-12)19-13-7-3-4-8-13/h5-6,9-11,13H,3-4,7-8H2,1-2H3,(H2,18,19,20,21). The van der Waals surface area contributed by atoms with Crippen molar-refractivity contribution in [3.8, 4) is 5.75 Å². The predicted molar refractivity (Wildman–Crippen MR) is 88.9 cm³/mol. The Morgan fingerprint density at radius 3 is 2.68 bits per heavy atom. The number of benzene rings is 1. The Labute approximate surface area is 131 Å². The number of para-hydroxylation sites is 2. The van der Waals surface area contributed by atoms with Crippen molar-refractivity contribution in [2.75, 3.05) is 17.7 Å². The first-order valence-corrected chi connectivity index (χ1v) is 7.77. The molecule has 1 saturated carbocycles. The second kappa shape index (κ2) is 6.64. The minimum Gasteiger partial charge on any atom is -0.495 e. The number of methoxy groups -OCH3 is 1. The molecule has 0 amide bonds. The summed E-state index contributed by atoms with van der Waals surface area (Å²) < 4.78 is 5.36. The lowest BCUT2D eigenvalue weighted by Gasteiger charge is -2.15. The van der Waals surface area contributed by atoms with Gasteiger partial charge in [0.1, 0.15) is 11.6 Å². The fourth-order valence-corrected chi connectivity index (χ4v) is 2.84. The van der Waals surface area contributed by atoms with Gasteiger partial charge in [-0.2, -0.15) is 4.98 Å².